The average Bonchev–Trinajstić information content (AvgIpc) is 3.16. The molecular weight excluding hydrogens is 461 g/mol. The van der Waals surface area contributed by atoms with Crippen molar-refractivity contribution in [2.75, 3.05) is 38.3 Å². The van der Waals surface area contributed by atoms with Gasteiger partial charge in [-0.3, -0.25) is 4.79 Å². The highest BCUT2D eigenvalue weighted by atomic mass is 35.5. The lowest BCUT2D eigenvalue weighted by molar-refractivity contribution is -0.119. The zero-order valence-electron chi connectivity index (χ0n) is 19.2. The van der Waals surface area contributed by atoms with Crippen LogP contribution in [0.1, 0.15) is 36.7 Å². The number of hydrogen-bond donors (Lipinski definition) is 1. The fraction of sp³-hybridized carbons (Fsp3) is 0.360. The van der Waals surface area contributed by atoms with E-state index in [0.717, 1.165) is 32.4 Å². The molecule has 1 aliphatic heterocycles. The molecule has 1 aromatic heterocycles. The van der Waals surface area contributed by atoms with E-state index < -0.39 is 11.8 Å². The summed E-state index contributed by atoms with van der Waals surface area (Å²) in [5.41, 5.74) is 2.16. The topological polar surface area (TPSA) is 72.8 Å². The van der Waals surface area contributed by atoms with E-state index in [1.165, 1.54) is 19.1 Å². The van der Waals surface area contributed by atoms with Gasteiger partial charge in [-0.2, -0.15) is 0 Å². The standard InChI is InChI=1S/C25H27ClFN3O4/c1-16(31)28-9-12-34-25(32)24-23(29-10-4-3-5-11-29)19-14-21(27)20(26)15-22(19)30(24)17-7-6-8-18(13-17)33-2/h6-8,13-15H,3-5,9-12H2,1-2H3,(H,28,31). The first-order valence-electron chi connectivity index (χ1n) is 11.2. The number of carbonyl (C=O) groups is 2. The number of anilines is 1. The van der Waals surface area contributed by atoms with Crippen molar-refractivity contribution < 1.29 is 23.5 Å². The molecule has 180 valence electrons. The van der Waals surface area contributed by atoms with Crippen LogP contribution in [0.3, 0.4) is 0 Å². The minimum absolute atomic E-state index is 0.00655. The Labute approximate surface area is 202 Å². The molecule has 0 atom stereocenters. The molecule has 1 saturated heterocycles. The summed E-state index contributed by atoms with van der Waals surface area (Å²) in [7, 11) is 1.56. The van der Waals surface area contributed by atoms with Crippen molar-refractivity contribution in [3.05, 3.63) is 52.9 Å². The van der Waals surface area contributed by atoms with Crippen molar-refractivity contribution in [3.8, 4) is 11.4 Å². The third-order valence-corrected chi connectivity index (χ3v) is 6.16. The molecule has 0 radical (unpaired) electrons. The largest absolute Gasteiger partial charge is 0.497 e. The van der Waals surface area contributed by atoms with Crippen molar-refractivity contribution in [2.45, 2.75) is 26.2 Å². The summed E-state index contributed by atoms with van der Waals surface area (Å²) in [4.78, 5) is 26.8. The molecular formula is C25H27ClFN3O4. The van der Waals surface area contributed by atoms with Crippen LogP contribution < -0.4 is 15.0 Å². The molecule has 0 bridgehead atoms. The Balaban J connectivity index is 1.92. The van der Waals surface area contributed by atoms with Gasteiger partial charge in [-0.15, -0.1) is 0 Å². The smallest absolute Gasteiger partial charge is 0.357 e. The molecule has 2 heterocycles. The van der Waals surface area contributed by atoms with Crippen molar-refractivity contribution in [1.82, 2.24) is 9.88 Å². The Hall–Kier alpha value is -3.26. The van der Waals surface area contributed by atoms with E-state index in [0.29, 0.717) is 28.0 Å². The Kier molecular flexibility index (Phi) is 7.26. The van der Waals surface area contributed by atoms with Crippen LogP contribution in [0, 0.1) is 5.82 Å². The zero-order chi connectivity index (χ0) is 24.2. The minimum Gasteiger partial charge on any atom is -0.497 e. The molecule has 0 spiro atoms. The van der Waals surface area contributed by atoms with E-state index >= 15 is 0 Å². The highest BCUT2D eigenvalue weighted by Crippen LogP contribution is 2.40. The number of nitrogens with zero attached hydrogens (tertiary/aromatic N) is 2. The van der Waals surface area contributed by atoms with E-state index in [1.54, 1.807) is 23.8 Å². The van der Waals surface area contributed by atoms with Crippen LogP contribution in [0.25, 0.3) is 16.6 Å². The van der Waals surface area contributed by atoms with Crippen LogP contribution in [0.5, 0.6) is 5.75 Å². The van der Waals surface area contributed by atoms with Gasteiger partial charge in [0.05, 0.1) is 35.6 Å². The molecule has 1 amide bonds. The SMILES string of the molecule is COc1cccc(-n2c(C(=O)OCCNC(C)=O)c(N3CCCCC3)c3cc(F)c(Cl)cc32)c1. The molecule has 34 heavy (non-hydrogen) atoms. The van der Waals surface area contributed by atoms with Gasteiger partial charge in [0.2, 0.25) is 5.91 Å². The number of aromatic nitrogens is 1. The van der Waals surface area contributed by atoms with Gasteiger partial charge in [0.25, 0.3) is 0 Å². The predicted octanol–water partition coefficient (Wildman–Crippen LogP) is 4.71. The summed E-state index contributed by atoms with van der Waals surface area (Å²) < 4.78 is 27.3. The Morgan fingerprint density at radius 1 is 1.15 bits per heavy atom. The van der Waals surface area contributed by atoms with Crippen molar-refractivity contribution in [2.24, 2.45) is 0 Å². The molecule has 1 N–H and O–H groups in total. The number of hydrogen-bond acceptors (Lipinski definition) is 5. The van der Waals surface area contributed by atoms with E-state index in [2.05, 4.69) is 10.2 Å². The maximum Gasteiger partial charge on any atom is 0.357 e. The Bertz CT molecular complexity index is 1220. The number of halogens is 2. The van der Waals surface area contributed by atoms with E-state index in [4.69, 9.17) is 21.1 Å². The number of nitrogens with one attached hydrogen (secondary N) is 1. The van der Waals surface area contributed by atoms with Gasteiger partial charge < -0.3 is 24.3 Å². The molecule has 3 aromatic rings. The summed E-state index contributed by atoms with van der Waals surface area (Å²) in [5.74, 6) is -0.722. The predicted molar refractivity (Wildman–Crippen MR) is 130 cm³/mol. The van der Waals surface area contributed by atoms with Crippen molar-refractivity contribution in [3.63, 3.8) is 0 Å². The van der Waals surface area contributed by atoms with E-state index in [-0.39, 0.29) is 29.8 Å². The van der Waals surface area contributed by atoms with Gasteiger partial charge in [0.15, 0.2) is 5.69 Å². The molecule has 0 unspecified atom stereocenters. The molecule has 0 saturated carbocycles. The van der Waals surface area contributed by atoms with Gasteiger partial charge >= 0.3 is 5.97 Å². The molecule has 9 heteroatoms. The number of amides is 1. The third-order valence-electron chi connectivity index (χ3n) is 5.87. The summed E-state index contributed by atoms with van der Waals surface area (Å²) in [6.45, 7) is 3.09. The van der Waals surface area contributed by atoms with Crippen LogP contribution in [0.4, 0.5) is 10.1 Å². The highest BCUT2D eigenvalue weighted by molar-refractivity contribution is 6.31. The van der Waals surface area contributed by atoms with Gasteiger partial charge in [-0.1, -0.05) is 17.7 Å². The first kappa shape index (κ1) is 23.9. The quantitative estimate of drug-likeness (QED) is 0.386. The zero-order valence-corrected chi connectivity index (χ0v) is 20.0. The van der Waals surface area contributed by atoms with Crippen LogP contribution >= 0.6 is 11.6 Å². The van der Waals surface area contributed by atoms with Crippen molar-refractivity contribution >= 4 is 40.1 Å². The second-order valence-corrected chi connectivity index (χ2v) is 8.59. The van der Waals surface area contributed by atoms with Gasteiger partial charge in [-0.25, -0.2) is 9.18 Å². The highest BCUT2D eigenvalue weighted by Gasteiger charge is 2.30. The number of rotatable bonds is 7. The number of piperidine rings is 1. The molecule has 4 rings (SSSR count). The molecule has 1 fully saturated rings. The minimum atomic E-state index is -0.568. The number of methoxy groups -OCH3 is 1. The molecule has 1 aliphatic rings. The van der Waals surface area contributed by atoms with Crippen LogP contribution in [0.2, 0.25) is 5.02 Å². The fourth-order valence-corrected chi connectivity index (χ4v) is 4.51. The Morgan fingerprint density at radius 2 is 1.91 bits per heavy atom. The van der Waals surface area contributed by atoms with Crippen LogP contribution in [-0.2, 0) is 9.53 Å². The summed E-state index contributed by atoms with van der Waals surface area (Å²) >= 11 is 6.18. The van der Waals surface area contributed by atoms with Gasteiger partial charge in [0, 0.05) is 31.5 Å². The lowest BCUT2D eigenvalue weighted by Crippen LogP contribution is -2.31. The summed E-state index contributed by atoms with van der Waals surface area (Å²) in [6, 6.07) is 10.2. The number of carbonyl (C=O) groups excluding carboxylic acids is 2. The fourth-order valence-electron chi connectivity index (χ4n) is 4.35. The summed E-state index contributed by atoms with van der Waals surface area (Å²) in [5, 5.41) is 3.16. The number of esters is 1. The first-order chi connectivity index (χ1) is 16.4. The summed E-state index contributed by atoms with van der Waals surface area (Å²) in [6.07, 6.45) is 3.04. The van der Waals surface area contributed by atoms with Gasteiger partial charge in [-0.05, 0) is 43.5 Å². The third kappa shape index (κ3) is 4.82. The van der Waals surface area contributed by atoms with E-state index in [9.17, 15) is 14.0 Å². The Morgan fingerprint density at radius 3 is 2.62 bits per heavy atom. The molecule has 0 aliphatic carbocycles. The normalized spacial score (nSPS) is 13.7. The monoisotopic (exact) mass is 487 g/mol. The van der Waals surface area contributed by atoms with Crippen LogP contribution in [-0.4, -0.2) is 49.8 Å². The number of benzene rings is 2. The van der Waals surface area contributed by atoms with E-state index in [1.807, 2.05) is 12.1 Å². The second-order valence-electron chi connectivity index (χ2n) is 8.18. The number of fused-ring (bicyclic) bond motifs is 1. The lowest BCUT2D eigenvalue weighted by atomic mass is 10.1. The maximum absolute atomic E-state index is 14.6. The second kappa shape index (κ2) is 10.3. The van der Waals surface area contributed by atoms with Gasteiger partial charge in [0.1, 0.15) is 18.2 Å². The van der Waals surface area contributed by atoms with Crippen LogP contribution in [0.15, 0.2) is 36.4 Å². The lowest BCUT2D eigenvalue weighted by Gasteiger charge is -2.29. The van der Waals surface area contributed by atoms with Crippen molar-refractivity contribution in [1.29, 1.82) is 0 Å². The maximum atomic E-state index is 14.6. The average molecular weight is 488 g/mol. The number of ether oxygens (including phenoxy) is 2. The molecule has 7 nitrogen and oxygen atoms in total. The molecule has 2 aromatic carbocycles. The first-order valence-corrected chi connectivity index (χ1v) is 11.6.